The number of carbonyl (C=O) groups excluding carboxylic acids is 2. The monoisotopic (exact) mass is 399 g/mol. The number of aliphatic hydroxyl groups excluding tert-OH is 1. The maximum Gasteiger partial charge on any atom is 0.257 e. The molecule has 0 radical (unpaired) electrons. The number of aliphatic hydroxyl groups is 1. The second-order valence-corrected chi connectivity index (χ2v) is 7.19. The van der Waals surface area contributed by atoms with Crippen LogP contribution in [0.3, 0.4) is 0 Å². The van der Waals surface area contributed by atoms with Crippen molar-refractivity contribution in [1.29, 1.82) is 0 Å². The van der Waals surface area contributed by atoms with E-state index in [1.54, 1.807) is 24.3 Å². The van der Waals surface area contributed by atoms with Gasteiger partial charge in [0.2, 0.25) is 5.91 Å². The number of benzene rings is 2. The molecule has 7 heteroatoms. The van der Waals surface area contributed by atoms with E-state index in [1.807, 2.05) is 0 Å². The summed E-state index contributed by atoms with van der Waals surface area (Å²) in [5, 5.41) is 14.5. The van der Waals surface area contributed by atoms with Crippen molar-refractivity contribution in [2.24, 2.45) is 0 Å². The van der Waals surface area contributed by atoms with E-state index < -0.39 is 0 Å². The highest BCUT2D eigenvalue weighted by Crippen LogP contribution is 2.27. The minimum absolute atomic E-state index is 0.154. The van der Waals surface area contributed by atoms with Gasteiger partial charge in [0, 0.05) is 18.3 Å². The van der Waals surface area contributed by atoms with E-state index in [0.717, 1.165) is 32.2 Å². The van der Waals surface area contributed by atoms with Crippen molar-refractivity contribution in [3.63, 3.8) is 0 Å². The molecule has 1 fully saturated rings. The molecule has 0 heterocycles. The fourth-order valence-corrected chi connectivity index (χ4v) is 3.15. The van der Waals surface area contributed by atoms with Crippen molar-refractivity contribution in [3.05, 3.63) is 59.9 Å². The fraction of sp³-hybridized carbons (Fsp3) is 0.364. The zero-order valence-electron chi connectivity index (χ0n) is 16.2. The summed E-state index contributed by atoms with van der Waals surface area (Å²) < 4.78 is 13.0. The predicted octanol–water partition coefficient (Wildman–Crippen LogP) is 3.25. The minimum Gasteiger partial charge on any atom is -0.396 e. The molecule has 1 saturated carbocycles. The number of halogens is 1. The Hall–Kier alpha value is -2.77. The third-order valence-corrected chi connectivity index (χ3v) is 4.81. The van der Waals surface area contributed by atoms with Crippen molar-refractivity contribution in [2.45, 2.75) is 31.7 Å². The van der Waals surface area contributed by atoms with E-state index in [1.165, 1.54) is 24.3 Å². The summed E-state index contributed by atoms with van der Waals surface area (Å²) in [6, 6.07) is 12.7. The highest BCUT2D eigenvalue weighted by molar-refractivity contribution is 6.10. The molecular formula is C22H26FN3O3. The molecule has 0 aliphatic heterocycles. The number of nitrogens with one attached hydrogen (secondary N) is 2. The van der Waals surface area contributed by atoms with Crippen LogP contribution < -0.4 is 10.6 Å². The van der Waals surface area contributed by atoms with Gasteiger partial charge in [-0.1, -0.05) is 12.1 Å². The van der Waals surface area contributed by atoms with Gasteiger partial charge in [-0.2, -0.15) is 0 Å². The summed E-state index contributed by atoms with van der Waals surface area (Å²) >= 11 is 0. The van der Waals surface area contributed by atoms with Crippen LogP contribution in [-0.2, 0) is 4.79 Å². The number of anilines is 2. The molecule has 1 aliphatic rings. The Labute approximate surface area is 169 Å². The third kappa shape index (κ3) is 6.37. The number of carbonyl (C=O) groups is 2. The first-order valence-electron chi connectivity index (χ1n) is 9.87. The molecule has 0 aromatic heterocycles. The van der Waals surface area contributed by atoms with Crippen LogP contribution in [0.1, 0.15) is 36.0 Å². The number of unbranched alkanes of at least 4 members (excludes halogenated alkanes) is 1. The van der Waals surface area contributed by atoms with E-state index >= 15 is 0 Å². The van der Waals surface area contributed by atoms with Gasteiger partial charge in [0.05, 0.1) is 17.8 Å². The van der Waals surface area contributed by atoms with Crippen LogP contribution in [0.2, 0.25) is 0 Å². The van der Waals surface area contributed by atoms with Crippen LogP contribution in [0.5, 0.6) is 0 Å². The lowest BCUT2D eigenvalue weighted by molar-refractivity contribution is -0.117. The molecule has 3 rings (SSSR count). The summed E-state index contributed by atoms with van der Waals surface area (Å²) in [5.41, 5.74) is 1.24. The zero-order chi connectivity index (χ0) is 20.6. The molecule has 3 N–H and O–H groups in total. The summed E-state index contributed by atoms with van der Waals surface area (Å²) in [6.45, 7) is 1.18. The van der Waals surface area contributed by atoms with Crippen LogP contribution in [0.25, 0.3) is 0 Å². The second-order valence-electron chi connectivity index (χ2n) is 7.19. The SMILES string of the molecule is O=C(CN(CCCCO)C1CC1)Nc1ccccc1C(=O)Nc1ccc(F)cc1. The smallest absolute Gasteiger partial charge is 0.257 e. The van der Waals surface area contributed by atoms with Gasteiger partial charge < -0.3 is 15.7 Å². The lowest BCUT2D eigenvalue weighted by atomic mass is 10.1. The van der Waals surface area contributed by atoms with Crippen LogP contribution in [0, 0.1) is 5.82 Å². The second kappa shape index (κ2) is 10.1. The zero-order valence-corrected chi connectivity index (χ0v) is 16.2. The molecule has 0 atom stereocenters. The molecule has 6 nitrogen and oxygen atoms in total. The Balaban J connectivity index is 1.62. The highest BCUT2D eigenvalue weighted by atomic mass is 19.1. The fourth-order valence-electron chi connectivity index (χ4n) is 3.15. The van der Waals surface area contributed by atoms with E-state index in [4.69, 9.17) is 5.11 Å². The molecule has 2 amide bonds. The van der Waals surface area contributed by atoms with Crippen LogP contribution in [0.4, 0.5) is 15.8 Å². The first-order chi connectivity index (χ1) is 14.1. The van der Waals surface area contributed by atoms with Gasteiger partial charge in [0.25, 0.3) is 5.91 Å². The Bertz CT molecular complexity index is 837. The molecular weight excluding hydrogens is 373 g/mol. The molecule has 0 bridgehead atoms. The summed E-state index contributed by atoms with van der Waals surface area (Å²) in [7, 11) is 0. The van der Waals surface area contributed by atoms with E-state index in [0.29, 0.717) is 23.0 Å². The number of amides is 2. The Morgan fingerprint density at radius 3 is 2.45 bits per heavy atom. The summed E-state index contributed by atoms with van der Waals surface area (Å²) in [6.07, 6.45) is 3.74. The highest BCUT2D eigenvalue weighted by Gasteiger charge is 2.30. The largest absolute Gasteiger partial charge is 0.396 e. The van der Waals surface area contributed by atoms with Gasteiger partial charge in [-0.25, -0.2) is 4.39 Å². The first kappa shape index (κ1) is 21.0. The quantitative estimate of drug-likeness (QED) is 0.536. The lowest BCUT2D eigenvalue weighted by Crippen LogP contribution is -2.36. The average molecular weight is 399 g/mol. The molecule has 0 spiro atoms. The molecule has 154 valence electrons. The summed E-state index contributed by atoms with van der Waals surface area (Å²) in [4.78, 5) is 27.3. The molecule has 29 heavy (non-hydrogen) atoms. The molecule has 1 aliphatic carbocycles. The van der Waals surface area contributed by atoms with Crippen molar-refractivity contribution >= 4 is 23.2 Å². The van der Waals surface area contributed by atoms with Gasteiger partial charge >= 0.3 is 0 Å². The standard InChI is InChI=1S/C22H26FN3O3/c23-16-7-9-17(10-8-16)24-22(29)19-5-1-2-6-20(19)25-21(28)15-26(18-11-12-18)13-3-4-14-27/h1-2,5-10,18,27H,3-4,11-15H2,(H,24,29)(H,25,28). The number of nitrogens with zero attached hydrogens (tertiary/aromatic N) is 1. The van der Waals surface area contributed by atoms with Gasteiger partial charge in [0.1, 0.15) is 5.82 Å². The van der Waals surface area contributed by atoms with Crippen molar-refractivity contribution in [2.75, 3.05) is 30.3 Å². The van der Waals surface area contributed by atoms with Crippen LogP contribution >= 0.6 is 0 Å². The molecule has 0 unspecified atom stereocenters. The summed E-state index contributed by atoms with van der Waals surface area (Å²) in [5.74, 6) is -0.938. The van der Waals surface area contributed by atoms with E-state index in [2.05, 4.69) is 15.5 Å². The van der Waals surface area contributed by atoms with Gasteiger partial charge in [-0.15, -0.1) is 0 Å². The van der Waals surface area contributed by atoms with Gasteiger partial charge in [0.15, 0.2) is 0 Å². The number of hydrogen-bond acceptors (Lipinski definition) is 4. The van der Waals surface area contributed by atoms with E-state index in [-0.39, 0.29) is 30.8 Å². The third-order valence-electron chi connectivity index (χ3n) is 4.81. The number of rotatable bonds is 10. The van der Waals surface area contributed by atoms with E-state index in [9.17, 15) is 14.0 Å². The number of hydrogen-bond donors (Lipinski definition) is 3. The van der Waals surface area contributed by atoms with Crippen molar-refractivity contribution in [1.82, 2.24) is 4.90 Å². The maximum atomic E-state index is 13.0. The predicted molar refractivity (Wildman–Crippen MR) is 110 cm³/mol. The Morgan fingerprint density at radius 2 is 1.76 bits per heavy atom. The van der Waals surface area contributed by atoms with Crippen molar-refractivity contribution < 1.29 is 19.1 Å². The molecule has 0 saturated heterocycles. The molecule has 2 aromatic carbocycles. The van der Waals surface area contributed by atoms with Gasteiger partial charge in [-0.05, 0) is 68.6 Å². The van der Waals surface area contributed by atoms with Gasteiger partial charge in [-0.3, -0.25) is 14.5 Å². The molecule has 2 aromatic rings. The van der Waals surface area contributed by atoms with Crippen molar-refractivity contribution in [3.8, 4) is 0 Å². The average Bonchev–Trinajstić information content (AvgIpc) is 3.55. The lowest BCUT2D eigenvalue weighted by Gasteiger charge is -2.21. The maximum absolute atomic E-state index is 13.0. The van der Waals surface area contributed by atoms with Crippen LogP contribution in [-0.4, -0.2) is 47.6 Å². The first-order valence-corrected chi connectivity index (χ1v) is 9.87. The van der Waals surface area contributed by atoms with Crippen LogP contribution in [0.15, 0.2) is 48.5 Å². The topological polar surface area (TPSA) is 81.7 Å². The minimum atomic E-state index is -0.380. The number of para-hydroxylation sites is 1. The Kier molecular flexibility index (Phi) is 7.32. The Morgan fingerprint density at radius 1 is 1.03 bits per heavy atom. The normalized spacial score (nSPS) is 13.3.